The van der Waals surface area contributed by atoms with Gasteiger partial charge in [-0.25, -0.2) is 36.7 Å². The highest BCUT2D eigenvalue weighted by atomic mass is 19.2. The number of nitrogens with zero attached hydrogens (tertiary/aromatic N) is 6. The molecule has 0 spiro atoms. The van der Waals surface area contributed by atoms with Crippen molar-refractivity contribution in [2.24, 2.45) is 0 Å². The maximum atomic E-state index is 14.2. The van der Waals surface area contributed by atoms with E-state index < -0.39 is 29.0 Å². The summed E-state index contributed by atoms with van der Waals surface area (Å²) in [6, 6.07) is 7.16. The molecule has 2 aromatic carbocycles. The molecule has 11 heteroatoms. The van der Waals surface area contributed by atoms with E-state index in [0.717, 1.165) is 0 Å². The van der Waals surface area contributed by atoms with Crippen LogP contribution in [0.4, 0.5) is 17.6 Å². The molecule has 3 heterocycles. The predicted octanol–water partition coefficient (Wildman–Crippen LogP) is 3.70. The van der Waals surface area contributed by atoms with Crippen molar-refractivity contribution >= 4 is 16.7 Å². The standard InChI is InChI=1S/C19H10F4N6O/c1-30-10-4-2-9(3-5-10)17-26-19-11-7-25-29(18(11)24-8-28(19)27-17)16-14(22)12(20)6-13(21)15(16)23/h2-8H,1H3. The van der Waals surface area contributed by atoms with Crippen molar-refractivity contribution in [2.75, 3.05) is 7.11 Å². The Morgan fingerprint density at radius 2 is 1.63 bits per heavy atom. The smallest absolute Gasteiger partial charge is 0.187 e. The number of hydrogen-bond acceptors (Lipinski definition) is 5. The van der Waals surface area contributed by atoms with Gasteiger partial charge < -0.3 is 4.74 Å². The van der Waals surface area contributed by atoms with Crippen LogP contribution in [-0.2, 0) is 0 Å². The van der Waals surface area contributed by atoms with Crippen LogP contribution < -0.4 is 4.74 Å². The van der Waals surface area contributed by atoms with Crippen LogP contribution >= 0.6 is 0 Å². The molecular weight excluding hydrogens is 404 g/mol. The van der Waals surface area contributed by atoms with Crippen molar-refractivity contribution < 1.29 is 22.3 Å². The highest BCUT2D eigenvalue weighted by Gasteiger charge is 2.24. The number of hydrogen-bond donors (Lipinski definition) is 0. The van der Waals surface area contributed by atoms with Crippen molar-refractivity contribution in [1.82, 2.24) is 29.4 Å². The number of ether oxygens (including phenoxy) is 1. The lowest BCUT2D eigenvalue weighted by Gasteiger charge is -2.07. The van der Waals surface area contributed by atoms with Crippen LogP contribution in [0.5, 0.6) is 5.75 Å². The van der Waals surface area contributed by atoms with Gasteiger partial charge in [0.05, 0.1) is 18.7 Å². The van der Waals surface area contributed by atoms with E-state index in [-0.39, 0.29) is 17.1 Å². The summed E-state index contributed by atoms with van der Waals surface area (Å²) < 4.78 is 62.9. The molecule has 0 aliphatic heterocycles. The first-order chi connectivity index (χ1) is 14.5. The average Bonchev–Trinajstić information content (AvgIpc) is 3.37. The third kappa shape index (κ3) is 2.59. The number of fused-ring (bicyclic) bond motifs is 3. The molecule has 0 N–H and O–H groups in total. The fourth-order valence-corrected chi connectivity index (χ4v) is 3.09. The highest BCUT2D eigenvalue weighted by molar-refractivity contribution is 5.90. The molecule has 5 aromatic rings. The number of benzene rings is 2. The van der Waals surface area contributed by atoms with E-state index in [1.165, 1.54) is 17.0 Å². The van der Waals surface area contributed by atoms with Gasteiger partial charge in [-0.15, -0.1) is 5.10 Å². The van der Waals surface area contributed by atoms with Gasteiger partial charge in [0, 0.05) is 11.6 Å². The Hall–Kier alpha value is -4.02. The van der Waals surface area contributed by atoms with Crippen molar-refractivity contribution in [2.45, 2.75) is 0 Å². The lowest BCUT2D eigenvalue weighted by atomic mass is 10.2. The zero-order chi connectivity index (χ0) is 21.0. The molecule has 0 unspecified atom stereocenters. The Morgan fingerprint density at radius 1 is 0.933 bits per heavy atom. The summed E-state index contributed by atoms with van der Waals surface area (Å²) >= 11 is 0. The molecule has 0 bridgehead atoms. The normalized spacial score (nSPS) is 11.5. The SMILES string of the molecule is COc1ccc(-c2nc3c4cnn(-c5c(F)c(F)cc(F)c5F)c4ncn3n2)cc1. The monoisotopic (exact) mass is 414 g/mol. The number of methoxy groups -OCH3 is 1. The molecular formula is C19H10F4N6O. The Bertz CT molecular complexity index is 1400. The number of halogens is 4. The Labute approximate surface area is 165 Å². The number of aromatic nitrogens is 6. The van der Waals surface area contributed by atoms with Crippen molar-refractivity contribution in [1.29, 1.82) is 0 Å². The second kappa shape index (κ2) is 6.51. The van der Waals surface area contributed by atoms with Gasteiger partial charge in [-0.3, -0.25) is 0 Å². The van der Waals surface area contributed by atoms with E-state index in [9.17, 15) is 17.6 Å². The van der Waals surface area contributed by atoms with Crippen LogP contribution in [0.1, 0.15) is 0 Å². The molecule has 0 amide bonds. The van der Waals surface area contributed by atoms with Gasteiger partial charge in [-0.2, -0.15) is 5.10 Å². The van der Waals surface area contributed by atoms with Gasteiger partial charge in [0.25, 0.3) is 0 Å². The zero-order valence-electron chi connectivity index (χ0n) is 15.1. The Morgan fingerprint density at radius 3 is 2.30 bits per heavy atom. The van der Waals surface area contributed by atoms with Crippen molar-refractivity contribution in [3.05, 3.63) is 66.1 Å². The van der Waals surface area contributed by atoms with E-state index in [4.69, 9.17) is 4.74 Å². The maximum absolute atomic E-state index is 14.2. The predicted molar refractivity (Wildman–Crippen MR) is 97.2 cm³/mol. The molecule has 0 saturated heterocycles. The van der Waals surface area contributed by atoms with Crippen molar-refractivity contribution in [3.63, 3.8) is 0 Å². The van der Waals surface area contributed by atoms with Gasteiger partial charge in [0.15, 0.2) is 40.4 Å². The van der Waals surface area contributed by atoms with E-state index in [1.807, 2.05) is 0 Å². The average molecular weight is 414 g/mol. The fraction of sp³-hybridized carbons (Fsp3) is 0.0526. The maximum Gasteiger partial charge on any atom is 0.187 e. The van der Waals surface area contributed by atoms with Crippen LogP contribution in [0, 0.1) is 23.3 Å². The van der Waals surface area contributed by atoms with E-state index in [0.29, 0.717) is 27.5 Å². The second-order valence-corrected chi connectivity index (χ2v) is 6.29. The quantitative estimate of drug-likeness (QED) is 0.333. The largest absolute Gasteiger partial charge is 0.497 e. The minimum absolute atomic E-state index is 0.0426. The molecule has 0 radical (unpaired) electrons. The lowest BCUT2D eigenvalue weighted by Crippen LogP contribution is -2.08. The third-order valence-electron chi connectivity index (χ3n) is 4.55. The van der Waals surface area contributed by atoms with Crippen LogP contribution in [0.3, 0.4) is 0 Å². The minimum Gasteiger partial charge on any atom is -0.497 e. The summed E-state index contributed by atoms with van der Waals surface area (Å²) in [5, 5.41) is 8.48. The van der Waals surface area contributed by atoms with Crippen LogP contribution in [0.25, 0.3) is 33.8 Å². The molecule has 7 nitrogen and oxygen atoms in total. The summed E-state index contributed by atoms with van der Waals surface area (Å²) in [4.78, 5) is 8.52. The first kappa shape index (κ1) is 18.0. The van der Waals surface area contributed by atoms with Gasteiger partial charge in [0.2, 0.25) is 0 Å². The van der Waals surface area contributed by atoms with E-state index in [1.54, 1.807) is 31.4 Å². The number of rotatable bonds is 3. The molecule has 150 valence electrons. The molecule has 0 atom stereocenters. The van der Waals surface area contributed by atoms with Gasteiger partial charge in [0.1, 0.15) is 17.8 Å². The van der Waals surface area contributed by atoms with Crippen LogP contribution in [0.2, 0.25) is 0 Å². The lowest BCUT2D eigenvalue weighted by molar-refractivity contribution is 0.415. The summed E-state index contributed by atoms with van der Waals surface area (Å²) in [6.45, 7) is 0. The molecule has 0 aliphatic rings. The molecule has 5 rings (SSSR count). The zero-order valence-corrected chi connectivity index (χ0v) is 15.1. The first-order valence-corrected chi connectivity index (χ1v) is 8.55. The first-order valence-electron chi connectivity index (χ1n) is 8.55. The molecule has 30 heavy (non-hydrogen) atoms. The molecule has 0 saturated carbocycles. The molecule has 3 aromatic heterocycles. The fourth-order valence-electron chi connectivity index (χ4n) is 3.09. The Balaban J connectivity index is 1.70. The molecule has 0 aliphatic carbocycles. The van der Waals surface area contributed by atoms with Crippen LogP contribution in [-0.4, -0.2) is 36.5 Å². The van der Waals surface area contributed by atoms with Crippen LogP contribution in [0.15, 0.2) is 42.9 Å². The second-order valence-electron chi connectivity index (χ2n) is 6.29. The highest BCUT2D eigenvalue weighted by Crippen LogP contribution is 2.27. The summed E-state index contributed by atoms with van der Waals surface area (Å²) in [7, 11) is 1.55. The van der Waals surface area contributed by atoms with Gasteiger partial charge >= 0.3 is 0 Å². The summed E-state index contributed by atoms with van der Waals surface area (Å²) in [5.74, 6) is -5.22. The van der Waals surface area contributed by atoms with Gasteiger partial charge in [-0.1, -0.05) is 0 Å². The molecule has 0 fully saturated rings. The minimum atomic E-state index is -1.58. The van der Waals surface area contributed by atoms with Gasteiger partial charge in [-0.05, 0) is 24.3 Å². The topological polar surface area (TPSA) is 70.1 Å². The van der Waals surface area contributed by atoms with Crippen molar-refractivity contribution in [3.8, 4) is 22.8 Å². The third-order valence-corrected chi connectivity index (χ3v) is 4.55. The van der Waals surface area contributed by atoms with E-state index in [2.05, 4.69) is 20.2 Å². The summed E-state index contributed by atoms with van der Waals surface area (Å²) in [5.41, 5.74) is -0.0488. The summed E-state index contributed by atoms with van der Waals surface area (Å²) in [6.07, 6.45) is 2.51. The van der Waals surface area contributed by atoms with E-state index >= 15 is 0 Å². The Kier molecular flexibility index (Phi) is 3.91.